The zero-order chi connectivity index (χ0) is 41.3. The van der Waals surface area contributed by atoms with E-state index in [1.54, 1.807) is 24.3 Å². The minimum Gasteiger partial charge on any atom is -0.466 e. The maximum atomic E-state index is 14.2. The van der Waals surface area contributed by atoms with E-state index in [0.29, 0.717) is 33.8 Å². The first kappa shape index (κ1) is 43.8. The second-order valence-electron chi connectivity index (χ2n) is 13.5. The molecule has 3 atom stereocenters. The van der Waals surface area contributed by atoms with E-state index in [4.69, 9.17) is 9.47 Å². The lowest BCUT2D eigenvalue weighted by Crippen LogP contribution is -2.26. The van der Waals surface area contributed by atoms with E-state index in [2.05, 4.69) is 15.0 Å². The van der Waals surface area contributed by atoms with Gasteiger partial charge in [-0.2, -0.15) is 0 Å². The lowest BCUT2D eigenvalue weighted by atomic mass is 9.94. The maximum Gasteiger partial charge on any atom is 0.308 e. The number of anilines is 1. The smallest absolute Gasteiger partial charge is 0.308 e. The van der Waals surface area contributed by atoms with Crippen LogP contribution in [0.3, 0.4) is 0 Å². The number of aromatic nitrogens is 1. The molecule has 0 bridgehead atoms. The largest absolute Gasteiger partial charge is 0.466 e. The highest BCUT2D eigenvalue weighted by atomic mass is 19.1. The van der Waals surface area contributed by atoms with Crippen LogP contribution in [0.15, 0.2) is 84.9 Å². The summed E-state index contributed by atoms with van der Waals surface area (Å²) in [6.45, 7) is 3.54. The van der Waals surface area contributed by atoms with Gasteiger partial charge in [0.25, 0.3) is 16.1 Å². The quantitative estimate of drug-likeness (QED) is 0.0306. The van der Waals surface area contributed by atoms with Gasteiger partial charge in [0.1, 0.15) is 18.5 Å². The van der Waals surface area contributed by atoms with Crippen LogP contribution in [0.5, 0.6) is 0 Å². The third kappa shape index (κ3) is 13.7. The van der Waals surface area contributed by atoms with Crippen molar-refractivity contribution in [3.63, 3.8) is 0 Å². The standard InChI is InChI=1S/C40H47FN4O12/c1-27(2)38-37(40(49)42-31-12-7-4-8-13-31)36(28-10-5-3-6-11-28)39(29-14-16-30(41)17-15-29)43(38)20-18-32(46)24-33(47)25-35(48)55-22-9-21-54-23-19-34(57-45(52)53)26-56-44(50)51/h3-8,10-17,27,32-34,46-47H,9,18-26H2,1-2H3,(H,42,49)/t32-,33-,34?/m1/s1. The molecule has 0 aliphatic rings. The van der Waals surface area contributed by atoms with Crippen molar-refractivity contribution in [1.82, 2.24) is 4.57 Å². The Kier molecular flexibility index (Phi) is 16.9. The number of esters is 1. The Labute approximate surface area is 328 Å². The lowest BCUT2D eigenvalue weighted by molar-refractivity contribution is -0.790. The number of ether oxygens (including phenoxy) is 2. The molecule has 0 saturated heterocycles. The summed E-state index contributed by atoms with van der Waals surface area (Å²) in [5.74, 6) is -1.62. The molecule has 16 nitrogen and oxygen atoms in total. The first-order chi connectivity index (χ1) is 27.3. The molecule has 0 fully saturated rings. The lowest BCUT2D eigenvalue weighted by Gasteiger charge is -2.20. The molecule has 1 aromatic heterocycles. The molecule has 3 aromatic carbocycles. The molecule has 0 aliphatic heterocycles. The number of halogens is 1. The van der Waals surface area contributed by atoms with E-state index in [1.165, 1.54) is 12.1 Å². The van der Waals surface area contributed by atoms with Crippen molar-refractivity contribution in [2.45, 2.75) is 76.7 Å². The van der Waals surface area contributed by atoms with Gasteiger partial charge in [-0.15, -0.1) is 20.2 Å². The normalized spacial score (nSPS) is 12.7. The first-order valence-electron chi connectivity index (χ1n) is 18.5. The van der Waals surface area contributed by atoms with Crippen LogP contribution in [0, 0.1) is 26.0 Å². The fourth-order valence-electron chi connectivity index (χ4n) is 6.35. The summed E-state index contributed by atoms with van der Waals surface area (Å²) in [6.07, 6.45) is -3.64. The van der Waals surface area contributed by atoms with Gasteiger partial charge in [-0.1, -0.05) is 62.4 Å². The van der Waals surface area contributed by atoms with Crippen LogP contribution in [-0.4, -0.2) is 81.6 Å². The molecule has 1 heterocycles. The highest BCUT2D eigenvalue weighted by Crippen LogP contribution is 2.42. The van der Waals surface area contributed by atoms with Gasteiger partial charge >= 0.3 is 5.97 Å². The number of aliphatic hydroxyl groups is 2. The molecule has 1 unspecified atom stereocenters. The van der Waals surface area contributed by atoms with Gasteiger partial charge < -0.3 is 39.2 Å². The van der Waals surface area contributed by atoms with Gasteiger partial charge in [-0.25, -0.2) is 4.39 Å². The number of nitrogens with zero attached hydrogens (tertiary/aromatic N) is 3. The SMILES string of the molecule is CC(C)c1c(C(=O)Nc2ccccc2)c(-c2ccccc2)c(-c2ccc(F)cc2)n1CC[C@@H](O)C[C@@H](O)CC(=O)OCCCOCCC(CO[N+](=O)[O-])O[N+](=O)[O-]. The molecular weight excluding hydrogens is 747 g/mol. The van der Waals surface area contributed by atoms with Gasteiger partial charge in [-0.05, 0) is 72.7 Å². The monoisotopic (exact) mass is 794 g/mol. The van der Waals surface area contributed by atoms with Crippen LogP contribution in [0.25, 0.3) is 22.4 Å². The topological polar surface area (TPSA) is 215 Å². The van der Waals surface area contributed by atoms with Crippen LogP contribution in [0.4, 0.5) is 10.1 Å². The maximum absolute atomic E-state index is 14.2. The predicted molar refractivity (Wildman–Crippen MR) is 205 cm³/mol. The highest BCUT2D eigenvalue weighted by molar-refractivity contribution is 6.12. The average molecular weight is 795 g/mol. The van der Waals surface area contributed by atoms with Crippen molar-refractivity contribution < 1.29 is 53.5 Å². The van der Waals surface area contributed by atoms with Gasteiger partial charge in [0.05, 0.1) is 36.5 Å². The summed E-state index contributed by atoms with van der Waals surface area (Å²) in [5.41, 5.74) is 4.50. The number of hydrogen-bond donors (Lipinski definition) is 3. The number of carbonyl (C=O) groups is 2. The number of amides is 1. The Morgan fingerprint density at radius 2 is 1.51 bits per heavy atom. The Hall–Kier alpha value is -5.91. The summed E-state index contributed by atoms with van der Waals surface area (Å²) in [7, 11) is 0. The summed E-state index contributed by atoms with van der Waals surface area (Å²) < 4.78 is 26.7. The summed E-state index contributed by atoms with van der Waals surface area (Å²) >= 11 is 0. The molecular formula is C40H47FN4O12. The van der Waals surface area contributed by atoms with Crippen molar-refractivity contribution >= 4 is 17.6 Å². The number of hydrogen-bond acceptors (Lipinski definition) is 12. The zero-order valence-corrected chi connectivity index (χ0v) is 31.7. The molecule has 17 heteroatoms. The molecule has 4 aromatic rings. The second-order valence-corrected chi connectivity index (χ2v) is 13.5. The molecule has 0 saturated carbocycles. The Bertz CT molecular complexity index is 1910. The number of aliphatic hydroxyl groups excluding tert-OH is 2. The van der Waals surface area contributed by atoms with E-state index in [1.807, 2.05) is 66.9 Å². The number of carbonyl (C=O) groups excluding carboxylic acids is 2. The average Bonchev–Trinajstić information content (AvgIpc) is 3.52. The molecule has 306 valence electrons. The van der Waals surface area contributed by atoms with Gasteiger partial charge in [-0.3, -0.25) is 9.59 Å². The van der Waals surface area contributed by atoms with Crippen LogP contribution >= 0.6 is 0 Å². The van der Waals surface area contributed by atoms with Gasteiger partial charge in [0.2, 0.25) is 0 Å². The van der Waals surface area contributed by atoms with Crippen molar-refractivity contribution in [1.29, 1.82) is 0 Å². The molecule has 0 radical (unpaired) electrons. The van der Waals surface area contributed by atoms with Crippen LogP contribution in [0.2, 0.25) is 0 Å². The number of para-hydroxylation sites is 1. The second kappa shape index (κ2) is 22.0. The Morgan fingerprint density at radius 1 is 0.842 bits per heavy atom. The number of rotatable bonds is 24. The Morgan fingerprint density at radius 3 is 2.14 bits per heavy atom. The van der Waals surface area contributed by atoms with E-state index >= 15 is 0 Å². The molecule has 1 amide bonds. The third-order valence-electron chi connectivity index (χ3n) is 8.80. The van der Waals surface area contributed by atoms with Crippen LogP contribution in [-0.2, 0) is 30.5 Å². The van der Waals surface area contributed by atoms with Crippen LogP contribution in [0.1, 0.15) is 67.9 Å². The van der Waals surface area contributed by atoms with E-state index in [9.17, 15) is 44.4 Å². The fraction of sp³-hybridized carbons (Fsp3) is 0.400. The van der Waals surface area contributed by atoms with Crippen molar-refractivity contribution in [3.8, 4) is 22.4 Å². The van der Waals surface area contributed by atoms with E-state index < -0.39 is 46.9 Å². The summed E-state index contributed by atoms with van der Waals surface area (Å²) in [5, 5.41) is 43.5. The van der Waals surface area contributed by atoms with Gasteiger partial charge in [0, 0.05) is 43.1 Å². The molecule has 0 aliphatic carbocycles. The van der Waals surface area contributed by atoms with Gasteiger partial charge in [0.15, 0.2) is 0 Å². The number of benzene rings is 3. The number of nitrogens with one attached hydrogen (secondary N) is 1. The molecule has 0 spiro atoms. The minimum absolute atomic E-state index is 0.0348. The predicted octanol–water partition coefficient (Wildman–Crippen LogP) is 6.35. The van der Waals surface area contributed by atoms with Crippen molar-refractivity contribution in [2.24, 2.45) is 0 Å². The first-order valence-corrected chi connectivity index (χ1v) is 18.5. The molecule has 3 N–H and O–H groups in total. The third-order valence-corrected chi connectivity index (χ3v) is 8.80. The van der Waals surface area contributed by atoms with E-state index in [0.717, 1.165) is 5.56 Å². The fourth-order valence-corrected chi connectivity index (χ4v) is 6.35. The van der Waals surface area contributed by atoms with E-state index in [-0.39, 0.29) is 70.3 Å². The molecule has 4 rings (SSSR count). The summed E-state index contributed by atoms with van der Waals surface area (Å²) in [6, 6.07) is 24.5. The highest BCUT2D eigenvalue weighted by Gasteiger charge is 2.31. The minimum atomic E-state index is -1.22. The molecule has 57 heavy (non-hydrogen) atoms. The summed E-state index contributed by atoms with van der Waals surface area (Å²) in [4.78, 5) is 56.0. The Balaban J connectivity index is 1.41. The van der Waals surface area contributed by atoms with Crippen LogP contribution < -0.4 is 5.32 Å². The zero-order valence-electron chi connectivity index (χ0n) is 31.7. The van der Waals surface area contributed by atoms with Crippen molar-refractivity contribution in [2.75, 3.05) is 31.7 Å². The van der Waals surface area contributed by atoms with Crippen molar-refractivity contribution in [3.05, 3.63) is 122 Å².